The van der Waals surface area contributed by atoms with Crippen LogP contribution in [0, 0.1) is 26.1 Å². The van der Waals surface area contributed by atoms with Crippen molar-refractivity contribution in [1.29, 1.82) is 0 Å². The molecule has 0 fully saturated rings. The molecule has 0 radical (unpaired) electrons. The average Bonchev–Trinajstić information content (AvgIpc) is 2.50. The fourth-order valence-electron chi connectivity index (χ4n) is 1.94. The van der Waals surface area contributed by atoms with Gasteiger partial charge in [-0.2, -0.15) is 5.10 Å². The van der Waals surface area contributed by atoms with Crippen molar-refractivity contribution in [3.8, 4) is 0 Å². The van der Waals surface area contributed by atoms with Gasteiger partial charge >= 0.3 is 5.69 Å². The summed E-state index contributed by atoms with van der Waals surface area (Å²) in [5, 5.41) is 25.7. The fourth-order valence-corrected chi connectivity index (χ4v) is 1.94. The van der Waals surface area contributed by atoms with E-state index in [1.54, 1.807) is 6.21 Å². The molecule has 1 unspecified atom stereocenters. The lowest BCUT2D eigenvalue weighted by Crippen LogP contribution is -2.03. The molecule has 0 heterocycles. The number of nitrogens with zero attached hydrogens (tertiary/aromatic N) is 3. The van der Waals surface area contributed by atoms with E-state index < -0.39 is 9.85 Å². The first-order valence-electron chi connectivity index (χ1n) is 7.21. The summed E-state index contributed by atoms with van der Waals surface area (Å²) in [6.07, 6.45) is 5.89. The molecular weight excluding hydrogens is 288 g/mol. The molecule has 1 aromatic carbocycles. The summed E-state index contributed by atoms with van der Waals surface area (Å²) < 4.78 is 0. The van der Waals surface area contributed by atoms with Crippen LogP contribution in [0.1, 0.15) is 39.5 Å². The van der Waals surface area contributed by atoms with E-state index in [1.807, 2.05) is 0 Å². The van der Waals surface area contributed by atoms with Gasteiger partial charge in [0.2, 0.25) is 0 Å². The molecule has 0 aliphatic carbocycles. The molecule has 0 amide bonds. The van der Waals surface area contributed by atoms with Crippen LogP contribution in [0.15, 0.2) is 23.3 Å². The average molecular weight is 308 g/mol. The second kappa shape index (κ2) is 8.71. The van der Waals surface area contributed by atoms with Crippen molar-refractivity contribution < 1.29 is 9.85 Å². The Morgan fingerprint density at radius 3 is 2.55 bits per heavy atom. The summed E-state index contributed by atoms with van der Waals surface area (Å²) in [6.45, 7) is 4.17. The number of unbranched alkanes of at least 4 members (excludes halogenated alkanes) is 1. The van der Waals surface area contributed by atoms with Gasteiger partial charge in [-0.1, -0.05) is 26.7 Å². The number of nitro benzene ring substituents is 2. The summed E-state index contributed by atoms with van der Waals surface area (Å²) in [5.74, 6) is 0.310. The zero-order valence-electron chi connectivity index (χ0n) is 12.7. The molecule has 1 N–H and O–H groups in total. The SMILES string of the molecule is CCCCC(/C=N/Nc1ccc([N+](=O)[O-])cc1[N+](=O)[O-])CC. The Morgan fingerprint density at radius 1 is 1.27 bits per heavy atom. The molecule has 8 heteroatoms. The third-order valence-corrected chi connectivity index (χ3v) is 3.31. The lowest BCUT2D eigenvalue weighted by molar-refractivity contribution is -0.393. The quantitative estimate of drug-likeness (QED) is 0.419. The molecule has 0 aliphatic heterocycles. The van der Waals surface area contributed by atoms with Crippen molar-refractivity contribution in [3.05, 3.63) is 38.4 Å². The highest BCUT2D eigenvalue weighted by Gasteiger charge is 2.19. The summed E-state index contributed by atoms with van der Waals surface area (Å²) in [7, 11) is 0. The van der Waals surface area contributed by atoms with Crippen LogP contribution in [0.3, 0.4) is 0 Å². The van der Waals surface area contributed by atoms with Crippen molar-refractivity contribution in [2.75, 3.05) is 5.43 Å². The number of rotatable bonds is 9. The first kappa shape index (κ1) is 17.5. The molecular formula is C14H20N4O4. The maximum atomic E-state index is 11.0. The molecule has 1 aromatic rings. The predicted octanol–water partition coefficient (Wildman–Crippen LogP) is 4.12. The Kier molecular flexibility index (Phi) is 6.94. The number of hydrogen-bond donors (Lipinski definition) is 1. The Bertz CT molecular complexity index is 560. The van der Waals surface area contributed by atoms with E-state index in [0.29, 0.717) is 5.92 Å². The van der Waals surface area contributed by atoms with Gasteiger partial charge in [0.1, 0.15) is 5.69 Å². The first-order chi connectivity index (χ1) is 10.5. The van der Waals surface area contributed by atoms with Gasteiger partial charge < -0.3 is 0 Å². The minimum absolute atomic E-state index is 0.136. The molecule has 0 bridgehead atoms. The lowest BCUT2D eigenvalue weighted by atomic mass is 10.0. The Balaban J connectivity index is 2.84. The van der Waals surface area contributed by atoms with Crippen LogP contribution in [-0.2, 0) is 0 Å². The van der Waals surface area contributed by atoms with Crippen LogP contribution >= 0.6 is 0 Å². The molecule has 120 valence electrons. The number of hydrazone groups is 1. The molecule has 1 rings (SSSR count). The van der Waals surface area contributed by atoms with Crippen LogP contribution in [0.5, 0.6) is 0 Å². The molecule has 0 saturated carbocycles. The van der Waals surface area contributed by atoms with Crippen LogP contribution in [0.4, 0.5) is 17.1 Å². The highest BCUT2D eigenvalue weighted by atomic mass is 16.6. The third-order valence-electron chi connectivity index (χ3n) is 3.31. The Labute approximate surface area is 128 Å². The number of benzene rings is 1. The van der Waals surface area contributed by atoms with E-state index in [-0.39, 0.29) is 17.1 Å². The number of anilines is 1. The monoisotopic (exact) mass is 308 g/mol. The molecule has 0 saturated heterocycles. The zero-order valence-corrected chi connectivity index (χ0v) is 12.7. The summed E-state index contributed by atoms with van der Waals surface area (Å²) in [4.78, 5) is 20.3. The van der Waals surface area contributed by atoms with E-state index in [0.717, 1.165) is 31.7 Å². The third kappa shape index (κ3) is 5.12. The van der Waals surface area contributed by atoms with Crippen LogP contribution < -0.4 is 5.43 Å². The zero-order chi connectivity index (χ0) is 16.5. The summed E-state index contributed by atoms with van der Waals surface area (Å²) >= 11 is 0. The number of hydrogen-bond acceptors (Lipinski definition) is 6. The lowest BCUT2D eigenvalue weighted by Gasteiger charge is -2.08. The number of nitrogens with one attached hydrogen (secondary N) is 1. The topological polar surface area (TPSA) is 111 Å². The van der Waals surface area contributed by atoms with E-state index in [9.17, 15) is 20.2 Å². The highest BCUT2D eigenvalue weighted by molar-refractivity contribution is 5.68. The standard InChI is InChI=1S/C14H20N4O4/c1-3-5-6-11(4-2)10-15-16-13-8-7-12(17(19)20)9-14(13)18(21)22/h7-11,16H,3-6H2,1-2H3/b15-10+. The Hall–Kier alpha value is -2.51. The van der Waals surface area contributed by atoms with Crippen LogP contribution in [0.2, 0.25) is 0 Å². The largest absolute Gasteiger partial charge is 0.301 e. The smallest absolute Gasteiger partial charge is 0.272 e. The molecule has 0 spiro atoms. The Morgan fingerprint density at radius 2 is 2.00 bits per heavy atom. The van der Waals surface area contributed by atoms with Crippen LogP contribution in [0.25, 0.3) is 0 Å². The van der Waals surface area contributed by atoms with Gasteiger partial charge in [-0.25, -0.2) is 0 Å². The van der Waals surface area contributed by atoms with Crippen molar-refractivity contribution in [2.45, 2.75) is 39.5 Å². The van der Waals surface area contributed by atoms with E-state index in [1.165, 1.54) is 12.1 Å². The van der Waals surface area contributed by atoms with Gasteiger partial charge in [-0.15, -0.1) is 0 Å². The minimum Gasteiger partial charge on any atom is -0.272 e. The first-order valence-corrected chi connectivity index (χ1v) is 7.21. The van der Waals surface area contributed by atoms with Crippen LogP contribution in [-0.4, -0.2) is 16.1 Å². The van der Waals surface area contributed by atoms with Gasteiger partial charge in [0, 0.05) is 12.3 Å². The van der Waals surface area contributed by atoms with E-state index in [2.05, 4.69) is 24.4 Å². The van der Waals surface area contributed by atoms with Gasteiger partial charge in [0.15, 0.2) is 0 Å². The number of non-ortho nitro benzene ring substituents is 1. The summed E-state index contributed by atoms with van der Waals surface area (Å²) in [5.41, 5.74) is 2.05. The minimum atomic E-state index is -0.669. The second-order valence-electron chi connectivity index (χ2n) is 4.92. The molecule has 1 atom stereocenters. The maximum Gasteiger partial charge on any atom is 0.301 e. The maximum absolute atomic E-state index is 11.0. The molecule has 0 aliphatic rings. The summed E-state index contributed by atoms with van der Waals surface area (Å²) in [6, 6.07) is 3.42. The van der Waals surface area contributed by atoms with Crippen molar-refractivity contribution >= 4 is 23.3 Å². The van der Waals surface area contributed by atoms with Crippen molar-refractivity contribution in [2.24, 2.45) is 11.0 Å². The van der Waals surface area contributed by atoms with Gasteiger partial charge in [0.25, 0.3) is 5.69 Å². The molecule has 0 aromatic heterocycles. The van der Waals surface area contributed by atoms with Gasteiger partial charge in [-0.05, 0) is 24.8 Å². The van der Waals surface area contributed by atoms with E-state index in [4.69, 9.17) is 0 Å². The predicted molar refractivity (Wildman–Crippen MR) is 85.2 cm³/mol. The molecule has 22 heavy (non-hydrogen) atoms. The normalized spacial score (nSPS) is 12.3. The van der Waals surface area contributed by atoms with Crippen molar-refractivity contribution in [3.63, 3.8) is 0 Å². The molecule has 8 nitrogen and oxygen atoms in total. The van der Waals surface area contributed by atoms with Gasteiger partial charge in [0.05, 0.1) is 15.9 Å². The fraction of sp³-hybridized carbons (Fsp3) is 0.500. The highest BCUT2D eigenvalue weighted by Crippen LogP contribution is 2.28. The second-order valence-corrected chi connectivity index (χ2v) is 4.92. The number of nitro groups is 2. The van der Waals surface area contributed by atoms with Crippen molar-refractivity contribution in [1.82, 2.24) is 0 Å². The van der Waals surface area contributed by atoms with Gasteiger partial charge in [-0.3, -0.25) is 25.7 Å². The van der Waals surface area contributed by atoms with E-state index >= 15 is 0 Å².